The summed E-state index contributed by atoms with van der Waals surface area (Å²) >= 11 is 1.55. The van der Waals surface area contributed by atoms with Crippen LogP contribution < -0.4 is 0 Å². The third-order valence-corrected chi connectivity index (χ3v) is 5.09. The monoisotopic (exact) mass is 383 g/mol. The van der Waals surface area contributed by atoms with Crippen LogP contribution in [0.1, 0.15) is 23.2 Å². The molecular formula is C20H21N3O3S. The number of carbonyl (C=O) groups is 2. The number of hydrogen-bond donors (Lipinski definition) is 0. The standard InChI is InChI=1S/C20H21N3O3S/c1-13-8-9-15(11-21-13)10-19(24)26-14(2)20(25)23(3)12-18-22-16-6-4-5-7-17(16)27-18/h4-9,11,14H,10,12H2,1-3H3. The van der Waals surface area contributed by atoms with Crippen LogP contribution in [0.3, 0.4) is 0 Å². The molecule has 1 amide bonds. The van der Waals surface area contributed by atoms with E-state index in [2.05, 4.69) is 9.97 Å². The second kappa shape index (κ2) is 8.26. The lowest BCUT2D eigenvalue weighted by molar-refractivity contribution is -0.158. The maximum Gasteiger partial charge on any atom is 0.311 e. The number of aryl methyl sites for hydroxylation is 1. The Morgan fingerprint density at radius 1 is 1.22 bits per heavy atom. The molecule has 0 aliphatic carbocycles. The van der Waals surface area contributed by atoms with E-state index >= 15 is 0 Å². The van der Waals surface area contributed by atoms with Crippen LogP contribution in [0.4, 0.5) is 0 Å². The number of benzene rings is 1. The van der Waals surface area contributed by atoms with E-state index in [-0.39, 0.29) is 12.3 Å². The molecule has 2 heterocycles. The average molecular weight is 383 g/mol. The number of nitrogens with zero attached hydrogens (tertiary/aromatic N) is 3. The topological polar surface area (TPSA) is 72.4 Å². The fourth-order valence-electron chi connectivity index (χ4n) is 2.64. The highest BCUT2D eigenvalue weighted by Crippen LogP contribution is 2.22. The lowest BCUT2D eigenvalue weighted by Gasteiger charge is -2.20. The van der Waals surface area contributed by atoms with Crippen LogP contribution in [0.15, 0.2) is 42.6 Å². The predicted molar refractivity (Wildman–Crippen MR) is 104 cm³/mol. The minimum Gasteiger partial charge on any atom is -0.452 e. The van der Waals surface area contributed by atoms with Gasteiger partial charge in [0.05, 0.1) is 23.2 Å². The van der Waals surface area contributed by atoms with Gasteiger partial charge in [0.15, 0.2) is 6.10 Å². The van der Waals surface area contributed by atoms with E-state index in [1.807, 2.05) is 43.3 Å². The zero-order valence-electron chi connectivity index (χ0n) is 15.5. The minimum atomic E-state index is -0.852. The molecule has 0 aliphatic heterocycles. The first kappa shape index (κ1) is 19.0. The summed E-state index contributed by atoms with van der Waals surface area (Å²) in [5, 5.41) is 0.844. The zero-order chi connectivity index (χ0) is 19.4. The highest BCUT2D eigenvalue weighted by molar-refractivity contribution is 7.18. The van der Waals surface area contributed by atoms with Gasteiger partial charge in [-0.05, 0) is 37.6 Å². The Balaban J connectivity index is 1.55. The van der Waals surface area contributed by atoms with E-state index in [1.165, 1.54) is 4.90 Å². The minimum absolute atomic E-state index is 0.0898. The molecule has 1 aromatic carbocycles. The number of ether oxygens (including phenoxy) is 1. The van der Waals surface area contributed by atoms with Crippen molar-refractivity contribution in [2.45, 2.75) is 32.9 Å². The molecule has 0 N–H and O–H groups in total. The van der Waals surface area contributed by atoms with Gasteiger partial charge in [-0.2, -0.15) is 0 Å². The van der Waals surface area contributed by atoms with Gasteiger partial charge in [-0.15, -0.1) is 11.3 Å². The fraction of sp³-hybridized carbons (Fsp3) is 0.300. The van der Waals surface area contributed by atoms with E-state index in [1.54, 1.807) is 31.5 Å². The number of pyridine rings is 1. The second-order valence-electron chi connectivity index (χ2n) is 6.39. The van der Waals surface area contributed by atoms with Crippen molar-refractivity contribution >= 4 is 33.4 Å². The van der Waals surface area contributed by atoms with Crippen molar-refractivity contribution in [1.82, 2.24) is 14.9 Å². The Kier molecular flexibility index (Phi) is 5.81. The molecule has 1 unspecified atom stereocenters. The Hall–Kier alpha value is -2.80. The van der Waals surface area contributed by atoms with E-state index in [4.69, 9.17) is 4.74 Å². The van der Waals surface area contributed by atoms with Gasteiger partial charge in [-0.1, -0.05) is 18.2 Å². The number of rotatable bonds is 6. The molecule has 0 radical (unpaired) electrons. The fourth-order valence-corrected chi connectivity index (χ4v) is 3.66. The highest BCUT2D eigenvalue weighted by Gasteiger charge is 2.22. The number of para-hydroxylation sites is 1. The summed E-state index contributed by atoms with van der Waals surface area (Å²) in [6.07, 6.45) is 0.879. The SMILES string of the molecule is Cc1ccc(CC(=O)OC(C)C(=O)N(C)Cc2nc3ccccc3s2)cn1. The van der Waals surface area contributed by atoms with Crippen LogP contribution >= 0.6 is 11.3 Å². The number of fused-ring (bicyclic) bond motifs is 1. The van der Waals surface area contributed by atoms with Crippen LogP contribution in [-0.2, 0) is 27.3 Å². The normalized spacial score (nSPS) is 12.0. The number of carbonyl (C=O) groups excluding carboxylic acids is 2. The molecule has 3 rings (SSSR count). The molecule has 27 heavy (non-hydrogen) atoms. The van der Waals surface area contributed by atoms with Crippen molar-refractivity contribution in [1.29, 1.82) is 0 Å². The summed E-state index contributed by atoms with van der Waals surface area (Å²) in [5.74, 6) is -0.709. The van der Waals surface area contributed by atoms with Crippen LogP contribution in [0.25, 0.3) is 10.2 Å². The van der Waals surface area contributed by atoms with Crippen molar-refractivity contribution in [3.05, 3.63) is 58.9 Å². The van der Waals surface area contributed by atoms with E-state index in [0.717, 1.165) is 26.5 Å². The molecular weight excluding hydrogens is 362 g/mol. The summed E-state index contributed by atoms with van der Waals surface area (Å²) in [5.41, 5.74) is 2.56. The molecule has 0 aliphatic rings. The van der Waals surface area contributed by atoms with E-state index < -0.39 is 12.1 Å². The van der Waals surface area contributed by atoms with Crippen LogP contribution in [0.5, 0.6) is 0 Å². The lowest BCUT2D eigenvalue weighted by atomic mass is 10.2. The largest absolute Gasteiger partial charge is 0.452 e. The van der Waals surface area contributed by atoms with Gasteiger partial charge in [0.25, 0.3) is 5.91 Å². The number of amides is 1. The first-order valence-corrected chi connectivity index (χ1v) is 9.44. The molecule has 3 aromatic rings. The molecule has 0 spiro atoms. The third-order valence-electron chi connectivity index (χ3n) is 4.06. The van der Waals surface area contributed by atoms with Crippen molar-refractivity contribution in [3.8, 4) is 0 Å². The molecule has 0 saturated carbocycles. The first-order chi connectivity index (χ1) is 12.9. The molecule has 6 nitrogen and oxygen atoms in total. The Bertz CT molecular complexity index is 920. The summed E-state index contributed by atoms with van der Waals surface area (Å²) in [4.78, 5) is 34.8. The maximum absolute atomic E-state index is 12.5. The van der Waals surface area contributed by atoms with Crippen LogP contribution in [0, 0.1) is 6.92 Å². The number of aromatic nitrogens is 2. The van der Waals surface area contributed by atoms with E-state index in [9.17, 15) is 9.59 Å². The molecule has 140 valence electrons. The van der Waals surface area contributed by atoms with Crippen molar-refractivity contribution in [2.24, 2.45) is 0 Å². The summed E-state index contributed by atoms with van der Waals surface area (Å²) in [6.45, 7) is 3.84. The third kappa shape index (κ3) is 4.89. The van der Waals surface area contributed by atoms with Gasteiger partial charge in [0.2, 0.25) is 0 Å². The number of thiazole rings is 1. The Morgan fingerprint density at radius 3 is 2.70 bits per heavy atom. The summed E-state index contributed by atoms with van der Waals surface area (Å²) < 4.78 is 6.37. The van der Waals surface area contributed by atoms with Crippen molar-refractivity contribution in [3.63, 3.8) is 0 Å². The van der Waals surface area contributed by atoms with Crippen LogP contribution in [0.2, 0.25) is 0 Å². The number of hydrogen-bond acceptors (Lipinski definition) is 6. The van der Waals surface area contributed by atoms with Gasteiger partial charge in [-0.3, -0.25) is 14.6 Å². The average Bonchev–Trinajstić information content (AvgIpc) is 3.05. The van der Waals surface area contributed by atoms with Gasteiger partial charge in [-0.25, -0.2) is 4.98 Å². The van der Waals surface area contributed by atoms with Crippen molar-refractivity contribution in [2.75, 3.05) is 7.05 Å². The van der Waals surface area contributed by atoms with Crippen LogP contribution in [-0.4, -0.2) is 39.9 Å². The Morgan fingerprint density at radius 2 is 2.00 bits per heavy atom. The maximum atomic E-state index is 12.5. The summed E-state index contributed by atoms with van der Waals surface area (Å²) in [6, 6.07) is 11.5. The first-order valence-electron chi connectivity index (χ1n) is 8.63. The van der Waals surface area contributed by atoms with Gasteiger partial charge in [0.1, 0.15) is 5.01 Å². The van der Waals surface area contributed by atoms with Gasteiger partial charge < -0.3 is 9.64 Å². The number of likely N-dealkylation sites (N-methyl/N-ethyl adjacent to an activating group) is 1. The molecule has 1 atom stereocenters. The predicted octanol–water partition coefficient (Wildman–Crippen LogP) is 3.13. The quantitative estimate of drug-likeness (QED) is 0.612. The molecule has 0 bridgehead atoms. The van der Waals surface area contributed by atoms with Crippen molar-refractivity contribution < 1.29 is 14.3 Å². The molecule has 2 aromatic heterocycles. The van der Waals surface area contributed by atoms with Gasteiger partial charge in [0, 0.05) is 18.9 Å². The number of esters is 1. The molecule has 0 saturated heterocycles. The second-order valence-corrected chi connectivity index (χ2v) is 7.50. The highest BCUT2D eigenvalue weighted by atomic mass is 32.1. The molecule has 0 fully saturated rings. The molecule has 7 heteroatoms. The smallest absolute Gasteiger partial charge is 0.311 e. The summed E-state index contributed by atoms with van der Waals surface area (Å²) in [7, 11) is 1.68. The van der Waals surface area contributed by atoms with E-state index in [0.29, 0.717) is 6.54 Å². The lowest BCUT2D eigenvalue weighted by Crippen LogP contribution is -2.37. The zero-order valence-corrected chi connectivity index (χ0v) is 16.3. The van der Waals surface area contributed by atoms with Gasteiger partial charge >= 0.3 is 5.97 Å². The Labute approximate surface area is 161 Å².